The van der Waals surface area contributed by atoms with E-state index in [1.54, 1.807) is 0 Å². The molecule has 0 aromatic carbocycles. The molecule has 0 radical (unpaired) electrons. The fraction of sp³-hybridized carbons (Fsp3) is 1.00. The van der Waals surface area contributed by atoms with Gasteiger partial charge in [0.25, 0.3) is 0 Å². The van der Waals surface area contributed by atoms with Gasteiger partial charge in [0.05, 0.1) is 0 Å². The molecule has 0 atom stereocenters. The average Bonchev–Trinajstić information content (AvgIpc) is 1.58. The quantitative estimate of drug-likeness (QED) is 0.251. The minimum atomic E-state index is -5.22. The molecular weight excluding hydrogens is 264 g/mol. The second-order valence-electron chi connectivity index (χ2n) is 1.60. The second kappa shape index (κ2) is 4.60. The number of rotatable bonds is 2. The fourth-order valence-corrected chi connectivity index (χ4v) is 1.53. The Morgan fingerprint density at radius 3 is 1.17 bits per heavy atom. The summed E-state index contributed by atoms with van der Waals surface area (Å²) in [4.78, 5) is 32.9. The molecule has 11 heteroatoms. The van der Waals surface area contributed by atoms with Crippen LogP contribution >= 0.6 is 38.4 Å². The first-order valence-electron chi connectivity index (χ1n) is 1.99. The van der Waals surface area contributed by atoms with Crippen molar-refractivity contribution in [3.05, 3.63) is 0 Å². The van der Waals surface area contributed by atoms with Crippen LogP contribution in [0.15, 0.2) is 0 Å². The summed E-state index contributed by atoms with van der Waals surface area (Å²) in [6.45, 7) is 0. The van der Waals surface area contributed by atoms with Crippen LogP contribution in [0.25, 0.3) is 0 Å². The van der Waals surface area contributed by atoms with E-state index in [9.17, 15) is 9.13 Å². The molecule has 0 aromatic rings. The number of halogens is 2. The van der Waals surface area contributed by atoms with Crippen molar-refractivity contribution < 1.29 is 59.7 Å². The van der Waals surface area contributed by atoms with Gasteiger partial charge >= 0.3 is 48.6 Å². The maximum Gasteiger partial charge on any atom is 1.00 e. The molecule has 4 N–H and O–H groups in total. The summed E-state index contributed by atoms with van der Waals surface area (Å²) in [7, 11) is -10.4. The Morgan fingerprint density at radius 1 is 1.00 bits per heavy atom. The van der Waals surface area contributed by atoms with Crippen molar-refractivity contribution in [3.8, 4) is 0 Å². The largest absolute Gasteiger partial charge is 1.00 e. The maximum absolute atomic E-state index is 10.2. The van der Waals surface area contributed by atoms with E-state index in [0.29, 0.717) is 0 Å². The van der Waals surface area contributed by atoms with Gasteiger partial charge in [-0.25, -0.2) is 0 Å². The van der Waals surface area contributed by atoms with Gasteiger partial charge in [0.15, 0.2) is 0 Å². The first-order valence-corrected chi connectivity index (χ1v) is 5.97. The minimum Gasteiger partial charge on any atom is -1.00 e. The van der Waals surface area contributed by atoms with E-state index in [0.717, 1.165) is 0 Å². The molecule has 0 rings (SSSR count). The van der Waals surface area contributed by atoms with Crippen LogP contribution in [0.1, 0.15) is 1.43 Å². The molecule has 6 nitrogen and oxygen atoms in total. The summed E-state index contributed by atoms with van der Waals surface area (Å²) < 4.78 is 17.1. The molecule has 0 aromatic heterocycles. The van der Waals surface area contributed by atoms with E-state index in [1.165, 1.54) is 0 Å². The molecule has 0 unspecified atom stereocenters. The molecular formula is CH5Cl2NaO6P2. The maximum atomic E-state index is 10.2. The summed E-state index contributed by atoms with van der Waals surface area (Å²) >= 11 is 9.46. The molecule has 0 saturated carbocycles. The Morgan fingerprint density at radius 2 is 1.17 bits per heavy atom. The molecule has 0 heterocycles. The monoisotopic (exact) mass is 268 g/mol. The van der Waals surface area contributed by atoms with Crippen molar-refractivity contribution in [1.82, 2.24) is 0 Å². The zero-order valence-corrected chi connectivity index (χ0v) is 11.1. The molecule has 0 amide bonds. The van der Waals surface area contributed by atoms with E-state index >= 15 is 0 Å². The van der Waals surface area contributed by atoms with Crippen LogP contribution in [0.5, 0.6) is 0 Å². The van der Waals surface area contributed by atoms with E-state index < -0.39 is 19.0 Å². The number of hydrogen-bond donors (Lipinski definition) is 4. The molecule has 12 heavy (non-hydrogen) atoms. The Bertz CT molecular complexity index is 221. The van der Waals surface area contributed by atoms with Crippen molar-refractivity contribution in [3.63, 3.8) is 0 Å². The van der Waals surface area contributed by atoms with Gasteiger partial charge < -0.3 is 21.0 Å². The van der Waals surface area contributed by atoms with Gasteiger partial charge in [0.1, 0.15) is 0 Å². The predicted molar refractivity (Wildman–Crippen MR) is 39.6 cm³/mol. The minimum absolute atomic E-state index is 0. The van der Waals surface area contributed by atoms with Gasteiger partial charge in [0, 0.05) is 0 Å². The summed E-state index contributed by atoms with van der Waals surface area (Å²) in [5.74, 6) is 0. The van der Waals surface area contributed by atoms with Gasteiger partial charge in [-0.15, -0.1) is 0 Å². The topological polar surface area (TPSA) is 115 Å². The molecule has 0 aliphatic carbocycles. The Hall–Kier alpha value is 1.88. The van der Waals surface area contributed by atoms with E-state index in [1.807, 2.05) is 0 Å². The molecule has 0 spiro atoms. The molecule has 0 fully saturated rings. The zero-order chi connectivity index (χ0) is 9.50. The number of alkyl halides is 2. The van der Waals surface area contributed by atoms with Crippen molar-refractivity contribution in [2.24, 2.45) is 0 Å². The third-order valence-electron chi connectivity index (χ3n) is 0.701. The molecule has 0 saturated heterocycles. The van der Waals surface area contributed by atoms with Crippen LogP contribution in [-0.4, -0.2) is 23.4 Å². The first-order chi connectivity index (χ1) is 4.50. The van der Waals surface area contributed by atoms with Gasteiger partial charge in [0.2, 0.25) is 0 Å². The Kier molecular flexibility index (Phi) is 6.25. The summed E-state index contributed by atoms with van der Waals surface area (Å²) in [6, 6.07) is 0. The average molecular weight is 269 g/mol. The normalized spacial score (nSPS) is 13.8. The Balaban J connectivity index is -0.000000500. The predicted octanol–water partition coefficient (Wildman–Crippen LogP) is -2.45. The van der Waals surface area contributed by atoms with E-state index in [4.69, 9.17) is 42.8 Å². The van der Waals surface area contributed by atoms with Crippen LogP contribution < -0.4 is 29.6 Å². The summed E-state index contributed by atoms with van der Waals surface area (Å²) in [5, 5.41) is 0. The van der Waals surface area contributed by atoms with Gasteiger partial charge in [-0.2, -0.15) is 0 Å². The summed E-state index contributed by atoms with van der Waals surface area (Å²) in [6.07, 6.45) is 0. The molecule has 0 aliphatic rings. The molecule has 0 aliphatic heterocycles. The standard InChI is InChI=1S/CH4Cl2O6P2.Na.H/c2-1(3,10(4,5)6)11(7,8)9;;/h(H2,4,5,6)(H2,7,8,9);;/q;+1;-1. The van der Waals surface area contributed by atoms with Crippen LogP contribution in [0.3, 0.4) is 0 Å². The fourth-order valence-electron chi connectivity index (χ4n) is 0.170. The van der Waals surface area contributed by atoms with Gasteiger partial charge in [-0.3, -0.25) is 9.13 Å². The third-order valence-corrected chi connectivity index (χ3v) is 6.31. The third kappa shape index (κ3) is 3.56. The Labute approximate surface area is 101 Å². The van der Waals surface area contributed by atoms with E-state index in [-0.39, 0.29) is 31.0 Å². The number of hydrogen-bond acceptors (Lipinski definition) is 2. The van der Waals surface area contributed by atoms with Gasteiger partial charge in [-0.1, -0.05) is 23.2 Å². The SMILES string of the molecule is O=P(O)(O)C(Cl)(Cl)P(=O)(O)O.[H-].[Na+]. The van der Waals surface area contributed by atoms with Crippen molar-refractivity contribution in [2.75, 3.05) is 0 Å². The summed E-state index contributed by atoms with van der Waals surface area (Å²) in [5.41, 5.74) is 0. The zero-order valence-electron chi connectivity index (χ0n) is 6.76. The van der Waals surface area contributed by atoms with Crippen molar-refractivity contribution in [2.45, 2.75) is 3.82 Å². The van der Waals surface area contributed by atoms with E-state index in [2.05, 4.69) is 0 Å². The van der Waals surface area contributed by atoms with Crippen molar-refractivity contribution >= 4 is 38.4 Å². The smallest absolute Gasteiger partial charge is 1.00 e. The van der Waals surface area contributed by atoms with Gasteiger partial charge in [-0.05, 0) is 0 Å². The second-order valence-corrected chi connectivity index (χ2v) is 7.85. The van der Waals surface area contributed by atoms with Crippen LogP contribution in [0.4, 0.5) is 0 Å². The molecule has 0 bridgehead atoms. The van der Waals surface area contributed by atoms with Crippen LogP contribution in [0.2, 0.25) is 0 Å². The first kappa shape index (κ1) is 16.3. The molecule has 70 valence electrons. The van der Waals surface area contributed by atoms with Crippen LogP contribution in [0, 0.1) is 0 Å². The van der Waals surface area contributed by atoms with Crippen LogP contribution in [-0.2, 0) is 9.13 Å². The van der Waals surface area contributed by atoms with Crippen molar-refractivity contribution in [1.29, 1.82) is 0 Å².